The minimum absolute atomic E-state index is 0.509. The van der Waals surface area contributed by atoms with Crippen molar-refractivity contribution in [2.24, 2.45) is 0 Å². The van der Waals surface area contributed by atoms with Crippen LogP contribution < -0.4 is 15.4 Å². The molecule has 15 heavy (non-hydrogen) atoms. The number of methoxy groups -OCH3 is 1. The first-order valence-electron chi connectivity index (χ1n) is 5.10. The van der Waals surface area contributed by atoms with Gasteiger partial charge in [-0.2, -0.15) is 0 Å². The molecule has 1 fully saturated rings. The normalized spacial score (nSPS) is 20.3. The Morgan fingerprint density at radius 3 is 3.00 bits per heavy atom. The van der Waals surface area contributed by atoms with E-state index in [4.69, 9.17) is 16.3 Å². The lowest BCUT2D eigenvalue weighted by atomic mass is 10.2. The molecule has 1 atom stereocenters. The van der Waals surface area contributed by atoms with Crippen LogP contribution in [-0.4, -0.2) is 26.2 Å². The third-order valence-corrected chi connectivity index (χ3v) is 2.88. The van der Waals surface area contributed by atoms with Crippen LogP contribution in [0, 0.1) is 0 Å². The first kappa shape index (κ1) is 10.6. The topological polar surface area (TPSA) is 33.3 Å². The molecule has 1 aliphatic heterocycles. The Balaban J connectivity index is 2.05. The van der Waals surface area contributed by atoms with Gasteiger partial charge in [0.1, 0.15) is 5.75 Å². The van der Waals surface area contributed by atoms with Crippen molar-refractivity contribution in [2.75, 3.05) is 25.5 Å². The van der Waals surface area contributed by atoms with Crippen molar-refractivity contribution in [3.8, 4) is 5.75 Å². The van der Waals surface area contributed by atoms with Gasteiger partial charge in [-0.15, -0.1) is 0 Å². The van der Waals surface area contributed by atoms with Gasteiger partial charge in [0.15, 0.2) is 0 Å². The Morgan fingerprint density at radius 1 is 1.53 bits per heavy atom. The summed E-state index contributed by atoms with van der Waals surface area (Å²) in [5.41, 5.74) is 1.05. The zero-order valence-electron chi connectivity index (χ0n) is 8.72. The molecular formula is C11H15ClN2O. The summed E-state index contributed by atoms with van der Waals surface area (Å²) < 4.78 is 5.10. The lowest BCUT2D eigenvalue weighted by Gasteiger charge is -2.13. The first-order chi connectivity index (χ1) is 7.29. The summed E-state index contributed by atoms with van der Waals surface area (Å²) in [6, 6.07) is 6.28. The Labute approximate surface area is 94.8 Å². The summed E-state index contributed by atoms with van der Waals surface area (Å²) in [6.45, 7) is 2.10. The van der Waals surface area contributed by atoms with Gasteiger partial charge in [0.25, 0.3) is 0 Å². The zero-order chi connectivity index (χ0) is 10.7. The van der Waals surface area contributed by atoms with Gasteiger partial charge < -0.3 is 15.4 Å². The SMILES string of the molecule is COc1ccc(N[C@H]2CCNC2)cc1Cl. The molecule has 1 aromatic rings. The molecule has 82 valence electrons. The van der Waals surface area contributed by atoms with E-state index in [1.807, 2.05) is 18.2 Å². The molecule has 1 aromatic carbocycles. The quantitative estimate of drug-likeness (QED) is 0.829. The maximum atomic E-state index is 6.03. The summed E-state index contributed by atoms with van der Waals surface area (Å²) >= 11 is 6.03. The molecule has 0 bridgehead atoms. The van der Waals surface area contributed by atoms with Crippen LogP contribution in [0.4, 0.5) is 5.69 Å². The average molecular weight is 227 g/mol. The van der Waals surface area contributed by atoms with Crippen LogP contribution in [0.5, 0.6) is 5.75 Å². The number of hydrogen-bond acceptors (Lipinski definition) is 3. The van der Waals surface area contributed by atoms with Gasteiger partial charge in [-0.05, 0) is 31.2 Å². The number of anilines is 1. The molecule has 1 heterocycles. The average Bonchev–Trinajstić information content (AvgIpc) is 2.71. The van der Waals surface area contributed by atoms with Gasteiger partial charge >= 0.3 is 0 Å². The van der Waals surface area contributed by atoms with Crippen LogP contribution in [0.15, 0.2) is 18.2 Å². The number of nitrogens with one attached hydrogen (secondary N) is 2. The summed E-state index contributed by atoms with van der Waals surface area (Å²) in [7, 11) is 1.62. The summed E-state index contributed by atoms with van der Waals surface area (Å²) in [5.74, 6) is 0.715. The van der Waals surface area contributed by atoms with Crippen molar-refractivity contribution >= 4 is 17.3 Å². The van der Waals surface area contributed by atoms with Crippen molar-refractivity contribution in [1.82, 2.24) is 5.32 Å². The molecule has 4 heteroatoms. The third-order valence-electron chi connectivity index (χ3n) is 2.58. The van der Waals surface area contributed by atoms with E-state index >= 15 is 0 Å². The molecule has 1 aliphatic rings. The Bertz CT molecular complexity index is 337. The predicted molar refractivity (Wildman–Crippen MR) is 62.9 cm³/mol. The Hall–Kier alpha value is -0.930. The lowest BCUT2D eigenvalue weighted by Crippen LogP contribution is -2.21. The second kappa shape index (κ2) is 4.73. The van der Waals surface area contributed by atoms with Crippen molar-refractivity contribution in [2.45, 2.75) is 12.5 Å². The number of hydrogen-bond donors (Lipinski definition) is 2. The van der Waals surface area contributed by atoms with E-state index in [9.17, 15) is 0 Å². The number of rotatable bonds is 3. The zero-order valence-corrected chi connectivity index (χ0v) is 9.47. The fourth-order valence-electron chi connectivity index (χ4n) is 1.77. The smallest absolute Gasteiger partial charge is 0.137 e. The minimum atomic E-state index is 0.509. The van der Waals surface area contributed by atoms with Crippen LogP contribution in [0.2, 0.25) is 5.02 Å². The molecular weight excluding hydrogens is 212 g/mol. The van der Waals surface area contributed by atoms with Crippen LogP contribution >= 0.6 is 11.6 Å². The van der Waals surface area contributed by atoms with Crippen LogP contribution in [0.3, 0.4) is 0 Å². The van der Waals surface area contributed by atoms with E-state index in [-0.39, 0.29) is 0 Å². The molecule has 0 unspecified atom stereocenters. The number of benzene rings is 1. The third kappa shape index (κ3) is 2.55. The minimum Gasteiger partial charge on any atom is -0.495 e. The maximum absolute atomic E-state index is 6.03. The monoisotopic (exact) mass is 226 g/mol. The van der Waals surface area contributed by atoms with Crippen molar-refractivity contribution in [3.05, 3.63) is 23.2 Å². The summed E-state index contributed by atoms with van der Waals surface area (Å²) in [5, 5.41) is 7.39. The molecule has 0 saturated carbocycles. The Kier molecular flexibility index (Phi) is 3.34. The van der Waals surface area contributed by atoms with Crippen molar-refractivity contribution < 1.29 is 4.74 Å². The van der Waals surface area contributed by atoms with Gasteiger partial charge in [-0.1, -0.05) is 11.6 Å². The summed E-state index contributed by atoms with van der Waals surface area (Å²) in [6.07, 6.45) is 1.16. The summed E-state index contributed by atoms with van der Waals surface area (Å²) in [4.78, 5) is 0. The molecule has 2 N–H and O–H groups in total. The largest absolute Gasteiger partial charge is 0.495 e. The van der Waals surface area contributed by atoms with Gasteiger partial charge in [0.05, 0.1) is 12.1 Å². The molecule has 0 aromatic heterocycles. The molecule has 0 aliphatic carbocycles. The molecule has 2 rings (SSSR count). The standard InChI is InChI=1S/C11H15ClN2O/c1-15-11-3-2-8(6-10(11)12)14-9-4-5-13-7-9/h2-3,6,9,13-14H,4-5,7H2,1H3/t9-/m0/s1. The highest BCUT2D eigenvalue weighted by atomic mass is 35.5. The van der Waals surface area contributed by atoms with E-state index in [1.165, 1.54) is 0 Å². The van der Waals surface area contributed by atoms with E-state index in [1.54, 1.807) is 7.11 Å². The lowest BCUT2D eigenvalue weighted by molar-refractivity contribution is 0.415. The van der Waals surface area contributed by atoms with Gasteiger partial charge in [-0.25, -0.2) is 0 Å². The number of halogens is 1. The fraction of sp³-hybridized carbons (Fsp3) is 0.455. The van der Waals surface area contributed by atoms with Gasteiger partial charge in [-0.3, -0.25) is 0 Å². The highest BCUT2D eigenvalue weighted by Crippen LogP contribution is 2.27. The second-order valence-corrected chi connectivity index (χ2v) is 4.09. The van der Waals surface area contributed by atoms with Gasteiger partial charge in [0, 0.05) is 18.3 Å². The van der Waals surface area contributed by atoms with E-state index in [2.05, 4.69) is 10.6 Å². The first-order valence-corrected chi connectivity index (χ1v) is 5.48. The predicted octanol–water partition coefficient (Wildman–Crippen LogP) is 2.12. The van der Waals surface area contributed by atoms with E-state index in [0.29, 0.717) is 16.8 Å². The van der Waals surface area contributed by atoms with Gasteiger partial charge in [0.2, 0.25) is 0 Å². The van der Waals surface area contributed by atoms with E-state index in [0.717, 1.165) is 25.2 Å². The fourth-order valence-corrected chi connectivity index (χ4v) is 2.03. The molecule has 0 amide bonds. The molecule has 0 radical (unpaired) electrons. The van der Waals surface area contributed by atoms with E-state index < -0.39 is 0 Å². The maximum Gasteiger partial charge on any atom is 0.137 e. The Morgan fingerprint density at radius 2 is 2.40 bits per heavy atom. The second-order valence-electron chi connectivity index (χ2n) is 3.68. The van der Waals surface area contributed by atoms with Crippen LogP contribution in [0.25, 0.3) is 0 Å². The van der Waals surface area contributed by atoms with Crippen LogP contribution in [0.1, 0.15) is 6.42 Å². The van der Waals surface area contributed by atoms with Crippen LogP contribution in [-0.2, 0) is 0 Å². The van der Waals surface area contributed by atoms with Crippen molar-refractivity contribution in [1.29, 1.82) is 0 Å². The molecule has 3 nitrogen and oxygen atoms in total. The molecule has 0 spiro atoms. The highest BCUT2D eigenvalue weighted by Gasteiger charge is 2.14. The number of ether oxygens (including phenoxy) is 1. The highest BCUT2D eigenvalue weighted by molar-refractivity contribution is 6.32. The molecule has 1 saturated heterocycles. The van der Waals surface area contributed by atoms with Crippen molar-refractivity contribution in [3.63, 3.8) is 0 Å².